The van der Waals surface area contributed by atoms with Gasteiger partial charge in [-0.15, -0.1) is 0 Å². The molecule has 0 saturated carbocycles. The van der Waals surface area contributed by atoms with Crippen LogP contribution in [0.1, 0.15) is 24.4 Å². The van der Waals surface area contributed by atoms with E-state index in [-0.39, 0.29) is 16.9 Å². The van der Waals surface area contributed by atoms with E-state index in [4.69, 9.17) is 16.3 Å². The largest absolute Gasteiger partial charge is 0.493 e. The molecule has 3 aromatic rings. The molecule has 0 aliphatic carbocycles. The van der Waals surface area contributed by atoms with E-state index in [9.17, 15) is 9.18 Å². The smallest absolute Gasteiger partial charge is 0.292 e. The van der Waals surface area contributed by atoms with Gasteiger partial charge in [-0.2, -0.15) is 9.78 Å². The molecule has 4 rings (SSSR count). The monoisotopic (exact) mass is 385 g/mol. The van der Waals surface area contributed by atoms with Crippen LogP contribution in [-0.4, -0.2) is 16.4 Å². The van der Waals surface area contributed by atoms with Crippen LogP contribution < -0.4 is 15.6 Å². The third-order valence-corrected chi connectivity index (χ3v) is 4.86. The molecule has 0 unspecified atom stereocenters. The minimum atomic E-state index is -0.419. The van der Waals surface area contributed by atoms with E-state index < -0.39 is 5.56 Å². The van der Waals surface area contributed by atoms with Crippen molar-refractivity contribution in [1.82, 2.24) is 9.78 Å². The van der Waals surface area contributed by atoms with Gasteiger partial charge in [0.05, 0.1) is 30.2 Å². The number of ether oxygens (including phenoxy) is 1. The summed E-state index contributed by atoms with van der Waals surface area (Å²) in [5, 5.41) is 7.50. The summed E-state index contributed by atoms with van der Waals surface area (Å²) >= 11 is 6.33. The van der Waals surface area contributed by atoms with Crippen LogP contribution in [0.3, 0.4) is 0 Å². The maximum atomic E-state index is 13.7. The Morgan fingerprint density at radius 1 is 1.22 bits per heavy atom. The number of anilines is 1. The molecular weight excluding hydrogens is 369 g/mol. The third kappa shape index (κ3) is 3.53. The summed E-state index contributed by atoms with van der Waals surface area (Å²) in [5.41, 5.74) is 1.33. The Hall–Kier alpha value is -2.86. The van der Waals surface area contributed by atoms with E-state index in [1.54, 1.807) is 18.2 Å². The lowest BCUT2D eigenvalue weighted by molar-refractivity contribution is 0.316. The first-order valence-corrected chi connectivity index (χ1v) is 9.03. The molecule has 0 spiro atoms. The van der Waals surface area contributed by atoms with E-state index in [0.717, 1.165) is 6.42 Å². The predicted molar refractivity (Wildman–Crippen MR) is 102 cm³/mol. The van der Waals surface area contributed by atoms with Gasteiger partial charge in [-0.05, 0) is 43.2 Å². The van der Waals surface area contributed by atoms with E-state index in [1.165, 1.54) is 23.0 Å². The quantitative estimate of drug-likeness (QED) is 0.728. The van der Waals surface area contributed by atoms with Crippen LogP contribution in [0.15, 0.2) is 59.5 Å². The normalized spacial score (nSPS) is 16.1. The van der Waals surface area contributed by atoms with Crippen LogP contribution in [0.2, 0.25) is 5.02 Å². The number of benzene rings is 2. The minimum Gasteiger partial charge on any atom is -0.493 e. The lowest BCUT2D eigenvalue weighted by Gasteiger charge is -2.20. The van der Waals surface area contributed by atoms with Crippen molar-refractivity contribution in [2.24, 2.45) is 0 Å². The summed E-state index contributed by atoms with van der Waals surface area (Å²) in [6.45, 7) is 0.554. The summed E-state index contributed by atoms with van der Waals surface area (Å²) in [6, 6.07) is 13.3. The second-order valence-electron chi connectivity index (χ2n) is 6.29. The second-order valence-corrected chi connectivity index (χ2v) is 6.67. The van der Waals surface area contributed by atoms with Crippen molar-refractivity contribution in [2.45, 2.75) is 18.9 Å². The van der Waals surface area contributed by atoms with Crippen molar-refractivity contribution in [3.8, 4) is 11.4 Å². The number of halogens is 2. The number of rotatable bonds is 3. The SMILES string of the molecule is O=c1c(Cl)c(N[C@@H]2CCCOc3ccc(F)cc32)cnn1-c1ccccc1. The zero-order chi connectivity index (χ0) is 18.8. The predicted octanol–water partition coefficient (Wildman–Crippen LogP) is 4.35. The fourth-order valence-corrected chi connectivity index (χ4v) is 3.36. The number of aromatic nitrogens is 2. The molecule has 0 amide bonds. The summed E-state index contributed by atoms with van der Waals surface area (Å²) in [6.07, 6.45) is 3.02. The average molecular weight is 386 g/mol. The Balaban J connectivity index is 1.69. The van der Waals surface area contributed by atoms with Crippen LogP contribution >= 0.6 is 11.6 Å². The van der Waals surface area contributed by atoms with Crippen LogP contribution in [0.4, 0.5) is 10.1 Å². The molecule has 2 heterocycles. The zero-order valence-electron chi connectivity index (χ0n) is 14.4. The first kappa shape index (κ1) is 17.5. The van der Waals surface area contributed by atoms with E-state index in [0.29, 0.717) is 35.7 Å². The van der Waals surface area contributed by atoms with E-state index in [2.05, 4.69) is 10.4 Å². The molecule has 27 heavy (non-hydrogen) atoms. The highest BCUT2D eigenvalue weighted by Crippen LogP contribution is 2.35. The van der Waals surface area contributed by atoms with Gasteiger partial charge in [0.1, 0.15) is 16.6 Å². The molecule has 1 atom stereocenters. The Bertz CT molecular complexity index is 1020. The van der Waals surface area contributed by atoms with E-state index in [1.807, 2.05) is 18.2 Å². The molecule has 1 aromatic heterocycles. The fourth-order valence-electron chi connectivity index (χ4n) is 3.17. The second kappa shape index (κ2) is 7.40. The number of fused-ring (bicyclic) bond motifs is 1. The molecule has 1 aliphatic rings. The van der Waals surface area contributed by atoms with Crippen molar-refractivity contribution in [3.63, 3.8) is 0 Å². The molecule has 0 radical (unpaired) electrons. The maximum absolute atomic E-state index is 13.7. The van der Waals surface area contributed by atoms with Crippen molar-refractivity contribution in [1.29, 1.82) is 0 Å². The van der Waals surface area contributed by atoms with Crippen molar-refractivity contribution < 1.29 is 9.13 Å². The van der Waals surface area contributed by atoms with Gasteiger partial charge in [-0.25, -0.2) is 4.39 Å². The van der Waals surface area contributed by atoms with Gasteiger partial charge in [0, 0.05) is 5.56 Å². The van der Waals surface area contributed by atoms with Crippen molar-refractivity contribution in [3.05, 3.63) is 81.5 Å². The molecule has 7 heteroatoms. The van der Waals surface area contributed by atoms with Gasteiger partial charge >= 0.3 is 0 Å². The molecule has 0 bridgehead atoms. The first-order chi connectivity index (χ1) is 13.1. The number of nitrogens with zero attached hydrogens (tertiary/aromatic N) is 2. The number of para-hydroxylation sites is 1. The molecule has 1 aliphatic heterocycles. The number of hydrogen-bond donors (Lipinski definition) is 1. The lowest BCUT2D eigenvalue weighted by Crippen LogP contribution is -2.23. The Morgan fingerprint density at radius 2 is 2.04 bits per heavy atom. The highest BCUT2D eigenvalue weighted by atomic mass is 35.5. The molecule has 5 nitrogen and oxygen atoms in total. The Kier molecular flexibility index (Phi) is 4.81. The van der Waals surface area contributed by atoms with Crippen LogP contribution in [-0.2, 0) is 0 Å². The van der Waals surface area contributed by atoms with Crippen molar-refractivity contribution >= 4 is 17.3 Å². The number of hydrogen-bond acceptors (Lipinski definition) is 4. The molecule has 0 saturated heterocycles. The van der Waals surface area contributed by atoms with Gasteiger partial charge in [0.2, 0.25) is 0 Å². The van der Waals surface area contributed by atoms with Gasteiger partial charge < -0.3 is 10.1 Å². The molecule has 138 valence electrons. The Morgan fingerprint density at radius 3 is 2.85 bits per heavy atom. The summed E-state index contributed by atoms with van der Waals surface area (Å²) in [4.78, 5) is 12.6. The lowest BCUT2D eigenvalue weighted by atomic mass is 10.0. The fraction of sp³-hybridized carbons (Fsp3) is 0.200. The van der Waals surface area contributed by atoms with Crippen molar-refractivity contribution in [2.75, 3.05) is 11.9 Å². The molecule has 0 fully saturated rings. The van der Waals surface area contributed by atoms with Gasteiger partial charge in [-0.3, -0.25) is 4.79 Å². The highest BCUT2D eigenvalue weighted by molar-refractivity contribution is 6.33. The zero-order valence-corrected chi connectivity index (χ0v) is 15.1. The topological polar surface area (TPSA) is 56.1 Å². The summed E-state index contributed by atoms with van der Waals surface area (Å²) in [5.74, 6) is 0.294. The van der Waals surface area contributed by atoms with Crippen LogP contribution in [0, 0.1) is 5.82 Å². The summed E-state index contributed by atoms with van der Waals surface area (Å²) < 4.78 is 20.7. The van der Waals surface area contributed by atoms with E-state index >= 15 is 0 Å². The molecular formula is C20H17ClFN3O2. The highest BCUT2D eigenvalue weighted by Gasteiger charge is 2.22. The first-order valence-electron chi connectivity index (χ1n) is 8.65. The standard InChI is InChI=1S/C20H17ClFN3O2/c21-19-17(12-23-25(20(19)26)14-5-2-1-3-6-14)24-16-7-4-10-27-18-9-8-13(22)11-15(16)18/h1-3,5-6,8-9,11-12,16,24H,4,7,10H2/t16-/m1/s1. The van der Waals surface area contributed by atoms with Crippen LogP contribution in [0.5, 0.6) is 5.75 Å². The molecule has 2 aromatic carbocycles. The van der Waals surface area contributed by atoms with Crippen LogP contribution in [0.25, 0.3) is 5.69 Å². The van der Waals surface area contributed by atoms with Gasteiger partial charge in [-0.1, -0.05) is 29.8 Å². The summed E-state index contributed by atoms with van der Waals surface area (Å²) in [7, 11) is 0. The number of nitrogens with one attached hydrogen (secondary N) is 1. The minimum absolute atomic E-state index is 0.0389. The van der Waals surface area contributed by atoms with Gasteiger partial charge in [0.15, 0.2) is 0 Å². The average Bonchev–Trinajstić information content (AvgIpc) is 2.88. The van der Waals surface area contributed by atoms with Gasteiger partial charge in [0.25, 0.3) is 5.56 Å². The Labute approximate surface area is 160 Å². The third-order valence-electron chi connectivity index (χ3n) is 4.49. The molecule has 1 N–H and O–H groups in total. The maximum Gasteiger partial charge on any atom is 0.292 e.